The number of furan rings is 1. The number of hydrogen-bond donors (Lipinski definition) is 1. The van der Waals surface area contributed by atoms with Crippen LogP contribution in [0.2, 0.25) is 0 Å². The van der Waals surface area contributed by atoms with Crippen LogP contribution in [0.4, 0.5) is 0 Å². The lowest BCUT2D eigenvalue weighted by molar-refractivity contribution is -0.123. The van der Waals surface area contributed by atoms with Gasteiger partial charge in [-0.2, -0.15) is 0 Å². The van der Waals surface area contributed by atoms with Crippen molar-refractivity contribution in [3.63, 3.8) is 0 Å². The Balaban J connectivity index is 1.74. The lowest BCUT2D eigenvalue weighted by Gasteiger charge is -2.06. The van der Waals surface area contributed by atoms with E-state index >= 15 is 0 Å². The van der Waals surface area contributed by atoms with Crippen LogP contribution in [0.15, 0.2) is 47.1 Å². The largest absolute Gasteiger partial charge is 0.484 e. The molecule has 0 spiro atoms. The Morgan fingerprint density at radius 2 is 2.05 bits per heavy atom. The highest BCUT2D eigenvalue weighted by Crippen LogP contribution is 2.10. The predicted octanol–water partition coefficient (Wildman–Crippen LogP) is 1.79. The molecule has 98 valence electrons. The van der Waals surface area contributed by atoms with Crippen LogP contribution in [0.5, 0.6) is 5.75 Å². The monoisotopic (exact) mass is 259 g/mol. The second kappa shape index (κ2) is 6.39. The zero-order valence-corrected chi connectivity index (χ0v) is 10.2. The van der Waals surface area contributed by atoms with Crippen molar-refractivity contribution in [1.82, 2.24) is 5.32 Å². The zero-order chi connectivity index (χ0) is 13.5. The first-order valence-electron chi connectivity index (χ1n) is 5.75. The molecule has 0 aliphatic rings. The number of carbonyl (C=O) groups excluding carboxylic acids is 2. The van der Waals surface area contributed by atoms with E-state index in [1.165, 1.54) is 0 Å². The van der Waals surface area contributed by atoms with Gasteiger partial charge in [-0.15, -0.1) is 0 Å². The van der Waals surface area contributed by atoms with Gasteiger partial charge in [-0.05, 0) is 36.4 Å². The third-order valence-corrected chi connectivity index (χ3v) is 2.43. The van der Waals surface area contributed by atoms with E-state index in [1.54, 1.807) is 42.7 Å². The summed E-state index contributed by atoms with van der Waals surface area (Å²) < 4.78 is 10.4. The summed E-state index contributed by atoms with van der Waals surface area (Å²) in [6.45, 7) is 0.250. The molecule has 0 radical (unpaired) electrons. The third-order valence-electron chi connectivity index (χ3n) is 2.43. The van der Waals surface area contributed by atoms with E-state index < -0.39 is 0 Å². The summed E-state index contributed by atoms with van der Waals surface area (Å²) in [7, 11) is 0. The molecule has 2 rings (SSSR count). The molecule has 0 saturated carbocycles. The molecule has 2 aromatic rings. The molecule has 1 aromatic carbocycles. The summed E-state index contributed by atoms with van der Waals surface area (Å²) in [5.41, 5.74) is 0.564. The SMILES string of the molecule is O=Cc1ccc(OCC(=O)NCc2ccco2)cc1. The van der Waals surface area contributed by atoms with E-state index in [9.17, 15) is 9.59 Å². The summed E-state index contributed by atoms with van der Waals surface area (Å²) in [6, 6.07) is 10.1. The van der Waals surface area contributed by atoms with E-state index in [-0.39, 0.29) is 12.5 Å². The molecule has 1 heterocycles. The topological polar surface area (TPSA) is 68.5 Å². The highest BCUT2D eigenvalue weighted by molar-refractivity contribution is 5.77. The number of rotatable bonds is 6. The molecule has 19 heavy (non-hydrogen) atoms. The number of hydrogen-bond acceptors (Lipinski definition) is 4. The molecule has 5 heteroatoms. The normalized spacial score (nSPS) is 9.89. The lowest BCUT2D eigenvalue weighted by atomic mass is 10.2. The van der Waals surface area contributed by atoms with Gasteiger partial charge >= 0.3 is 0 Å². The standard InChI is InChI=1S/C14H13NO4/c16-9-11-3-5-12(6-4-11)19-10-14(17)15-8-13-2-1-7-18-13/h1-7,9H,8,10H2,(H,15,17). The maximum Gasteiger partial charge on any atom is 0.258 e. The molecule has 0 aliphatic carbocycles. The van der Waals surface area contributed by atoms with E-state index in [0.717, 1.165) is 6.29 Å². The maximum absolute atomic E-state index is 11.5. The first kappa shape index (κ1) is 12.9. The number of amides is 1. The smallest absolute Gasteiger partial charge is 0.258 e. The van der Waals surface area contributed by atoms with Crippen molar-refractivity contribution in [3.8, 4) is 5.75 Å². The van der Waals surface area contributed by atoms with Crippen LogP contribution in [0.3, 0.4) is 0 Å². The molecule has 0 bridgehead atoms. The van der Waals surface area contributed by atoms with Crippen molar-refractivity contribution >= 4 is 12.2 Å². The van der Waals surface area contributed by atoms with Gasteiger partial charge in [0.05, 0.1) is 12.8 Å². The Bertz CT molecular complexity index is 531. The lowest BCUT2D eigenvalue weighted by Crippen LogP contribution is -2.28. The Kier molecular flexibility index (Phi) is 4.34. The minimum Gasteiger partial charge on any atom is -0.484 e. The van der Waals surface area contributed by atoms with E-state index in [2.05, 4.69) is 5.32 Å². The molecular formula is C14H13NO4. The van der Waals surface area contributed by atoms with Crippen molar-refractivity contribution in [3.05, 3.63) is 54.0 Å². The minimum absolute atomic E-state index is 0.0822. The molecule has 0 unspecified atom stereocenters. The number of aldehydes is 1. The van der Waals surface area contributed by atoms with Gasteiger partial charge in [-0.25, -0.2) is 0 Å². The highest BCUT2D eigenvalue weighted by atomic mass is 16.5. The van der Waals surface area contributed by atoms with Gasteiger partial charge in [0.25, 0.3) is 5.91 Å². The van der Waals surface area contributed by atoms with Crippen molar-refractivity contribution in [2.24, 2.45) is 0 Å². The predicted molar refractivity (Wildman–Crippen MR) is 67.9 cm³/mol. The first-order valence-corrected chi connectivity index (χ1v) is 5.75. The number of nitrogens with one attached hydrogen (secondary N) is 1. The number of ether oxygens (including phenoxy) is 1. The summed E-state index contributed by atoms with van der Waals surface area (Å²) in [5.74, 6) is 0.985. The molecular weight excluding hydrogens is 246 g/mol. The Hall–Kier alpha value is -2.56. The van der Waals surface area contributed by atoms with Crippen molar-refractivity contribution < 1.29 is 18.7 Å². The summed E-state index contributed by atoms with van der Waals surface area (Å²) in [4.78, 5) is 22.0. The molecule has 0 saturated heterocycles. The Morgan fingerprint density at radius 3 is 2.68 bits per heavy atom. The quantitative estimate of drug-likeness (QED) is 0.803. The average Bonchev–Trinajstić information content (AvgIpc) is 2.96. The molecule has 1 N–H and O–H groups in total. The molecule has 1 amide bonds. The average molecular weight is 259 g/mol. The van der Waals surface area contributed by atoms with Crippen LogP contribution in [0.1, 0.15) is 16.1 Å². The first-order chi connectivity index (χ1) is 9.28. The maximum atomic E-state index is 11.5. The van der Waals surface area contributed by atoms with Gasteiger partial charge in [-0.1, -0.05) is 0 Å². The fraction of sp³-hybridized carbons (Fsp3) is 0.143. The van der Waals surface area contributed by atoms with Crippen LogP contribution in [-0.2, 0) is 11.3 Å². The van der Waals surface area contributed by atoms with E-state index in [4.69, 9.17) is 9.15 Å². The van der Waals surface area contributed by atoms with Gasteiger partial charge < -0.3 is 14.5 Å². The van der Waals surface area contributed by atoms with Crippen LogP contribution in [-0.4, -0.2) is 18.8 Å². The van der Waals surface area contributed by atoms with Gasteiger partial charge in [-0.3, -0.25) is 9.59 Å². The fourth-order valence-corrected chi connectivity index (χ4v) is 1.44. The van der Waals surface area contributed by atoms with Gasteiger partial charge in [0.1, 0.15) is 17.8 Å². The number of carbonyl (C=O) groups is 2. The second-order valence-corrected chi connectivity index (χ2v) is 3.83. The van der Waals surface area contributed by atoms with Crippen LogP contribution >= 0.6 is 0 Å². The van der Waals surface area contributed by atoms with Crippen LogP contribution < -0.4 is 10.1 Å². The summed E-state index contributed by atoms with van der Waals surface area (Å²) in [5, 5.41) is 2.66. The second-order valence-electron chi connectivity index (χ2n) is 3.83. The number of benzene rings is 1. The van der Waals surface area contributed by atoms with Crippen LogP contribution in [0.25, 0.3) is 0 Å². The van der Waals surface area contributed by atoms with E-state index in [0.29, 0.717) is 23.6 Å². The molecule has 0 aliphatic heterocycles. The summed E-state index contributed by atoms with van der Waals surface area (Å²) in [6.07, 6.45) is 2.30. The minimum atomic E-state index is -0.240. The highest BCUT2D eigenvalue weighted by Gasteiger charge is 2.04. The van der Waals surface area contributed by atoms with Gasteiger partial charge in [0, 0.05) is 5.56 Å². The zero-order valence-electron chi connectivity index (χ0n) is 10.2. The Morgan fingerprint density at radius 1 is 1.26 bits per heavy atom. The summed E-state index contributed by atoms with van der Waals surface area (Å²) >= 11 is 0. The van der Waals surface area contributed by atoms with Crippen LogP contribution in [0, 0.1) is 0 Å². The van der Waals surface area contributed by atoms with Crippen molar-refractivity contribution in [1.29, 1.82) is 0 Å². The molecule has 1 aromatic heterocycles. The fourth-order valence-electron chi connectivity index (χ4n) is 1.44. The van der Waals surface area contributed by atoms with E-state index in [1.807, 2.05) is 0 Å². The Labute approximate surface area is 110 Å². The van der Waals surface area contributed by atoms with Crippen molar-refractivity contribution in [2.45, 2.75) is 6.54 Å². The molecule has 0 atom stereocenters. The van der Waals surface area contributed by atoms with Gasteiger partial charge in [0.2, 0.25) is 0 Å². The molecule has 5 nitrogen and oxygen atoms in total. The molecule has 0 fully saturated rings. The van der Waals surface area contributed by atoms with Gasteiger partial charge in [0.15, 0.2) is 6.61 Å². The van der Waals surface area contributed by atoms with Crippen molar-refractivity contribution in [2.75, 3.05) is 6.61 Å². The third kappa shape index (κ3) is 3.99.